The van der Waals surface area contributed by atoms with Crippen LogP contribution in [0.25, 0.3) is 0 Å². The minimum absolute atomic E-state index is 0.103. The summed E-state index contributed by atoms with van der Waals surface area (Å²) in [5, 5.41) is 0.416. The van der Waals surface area contributed by atoms with Crippen LogP contribution < -0.4 is 4.72 Å². The van der Waals surface area contributed by atoms with E-state index in [1.165, 1.54) is 20.3 Å². The summed E-state index contributed by atoms with van der Waals surface area (Å²) in [6.07, 6.45) is 0. The molecule has 0 aliphatic heterocycles. The summed E-state index contributed by atoms with van der Waals surface area (Å²) in [6, 6.07) is 4.78. The van der Waals surface area contributed by atoms with Gasteiger partial charge in [0.05, 0.1) is 11.5 Å². The Bertz CT molecular complexity index is 561. The minimum atomic E-state index is -3.65. The van der Waals surface area contributed by atoms with Crippen LogP contribution in [0.3, 0.4) is 0 Å². The summed E-state index contributed by atoms with van der Waals surface area (Å²) < 4.78 is 37.5. The number of rotatable bonds is 7. The summed E-state index contributed by atoms with van der Waals surface area (Å²) in [5.74, 6) is 0. The summed E-state index contributed by atoms with van der Waals surface area (Å²) in [4.78, 5) is 0.167. The number of ether oxygens (including phenoxy) is 2. The van der Waals surface area contributed by atoms with Crippen molar-refractivity contribution in [2.75, 3.05) is 27.4 Å². The smallest absolute Gasteiger partial charge is 0.240 e. The molecule has 1 aromatic rings. The first-order chi connectivity index (χ1) is 9.25. The summed E-state index contributed by atoms with van der Waals surface area (Å²) in [7, 11) is -0.599. The largest absolute Gasteiger partial charge is 0.382 e. The van der Waals surface area contributed by atoms with Gasteiger partial charge in [-0.2, -0.15) is 0 Å². The first kappa shape index (κ1) is 17.4. The van der Waals surface area contributed by atoms with E-state index >= 15 is 0 Å². The number of hydrogen-bond acceptors (Lipinski definition) is 4. The molecule has 5 nitrogen and oxygen atoms in total. The molecule has 1 aromatic carbocycles. The minimum Gasteiger partial charge on any atom is -0.382 e. The molecule has 0 saturated heterocycles. The van der Waals surface area contributed by atoms with Gasteiger partial charge in [0.25, 0.3) is 0 Å². The Hall–Kier alpha value is -0.660. The molecule has 1 N–H and O–H groups in total. The lowest BCUT2D eigenvalue weighted by Gasteiger charge is -2.27. The molecule has 1 rings (SSSR count). The number of halogens is 1. The van der Waals surface area contributed by atoms with Crippen LogP contribution in [0.4, 0.5) is 0 Å². The molecule has 1 unspecified atom stereocenters. The Balaban J connectivity index is 2.93. The monoisotopic (exact) mass is 321 g/mol. The van der Waals surface area contributed by atoms with Gasteiger partial charge in [-0.05, 0) is 31.5 Å². The maximum atomic E-state index is 12.3. The lowest BCUT2D eigenvalue weighted by atomic mass is 10.1. The van der Waals surface area contributed by atoms with Crippen LogP contribution in [-0.2, 0) is 19.5 Å². The Morgan fingerprint density at radius 2 is 2.00 bits per heavy atom. The van der Waals surface area contributed by atoms with Crippen LogP contribution in [0.1, 0.15) is 12.5 Å². The van der Waals surface area contributed by atoms with Crippen LogP contribution in [0.15, 0.2) is 23.1 Å². The van der Waals surface area contributed by atoms with E-state index in [1.807, 2.05) is 0 Å². The van der Waals surface area contributed by atoms with Gasteiger partial charge >= 0.3 is 0 Å². The molecule has 0 saturated carbocycles. The van der Waals surface area contributed by atoms with Crippen molar-refractivity contribution in [1.29, 1.82) is 0 Å². The second-order valence-corrected chi connectivity index (χ2v) is 6.92. The maximum absolute atomic E-state index is 12.3. The third-order valence-corrected chi connectivity index (χ3v) is 5.04. The molecule has 0 aromatic heterocycles. The van der Waals surface area contributed by atoms with E-state index in [2.05, 4.69) is 4.72 Å². The lowest BCUT2D eigenvalue weighted by molar-refractivity contribution is -0.0460. The van der Waals surface area contributed by atoms with Gasteiger partial charge in [-0.1, -0.05) is 17.7 Å². The van der Waals surface area contributed by atoms with Crippen molar-refractivity contribution in [3.63, 3.8) is 0 Å². The Morgan fingerprint density at radius 3 is 2.55 bits per heavy atom. The predicted molar refractivity (Wildman–Crippen MR) is 78.7 cm³/mol. The highest BCUT2D eigenvalue weighted by molar-refractivity contribution is 7.89. The number of nitrogens with one attached hydrogen (secondary N) is 1. The van der Waals surface area contributed by atoms with Gasteiger partial charge in [0.15, 0.2) is 0 Å². The highest BCUT2D eigenvalue weighted by Crippen LogP contribution is 2.23. The van der Waals surface area contributed by atoms with Crippen molar-refractivity contribution in [2.45, 2.75) is 24.3 Å². The Morgan fingerprint density at radius 1 is 1.35 bits per heavy atom. The molecule has 0 radical (unpaired) electrons. The molecular weight excluding hydrogens is 302 g/mol. The Kier molecular flexibility index (Phi) is 5.97. The Labute approximate surface area is 125 Å². The molecule has 20 heavy (non-hydrogen) atoms. The van der Waals surface area contributed by atoms with E-state index < -0.39 is 15.6 Å². The molecule has 1 atom stereocenters. The second kappa shape index (κ2) is 6.87. The van der Waals surface area contributed by atoms with Crippen molar-refractivity contribution in [2.24, 2.45) is 0 Å². The van der Waals surface area contributed by atoms with Crippen LogP contribution in [0, 0.1) is 6.92 Å². The molecule has 114 valence electrons. The van der Waals surface area contributed by atoms with Crippen molar-refractivity contribution >= 4 is 21.6 Å². The molecule has 0 bridgehead atoms. The lowest BCUT2D eigenvalue weighted by Crippen LogP contribution is -2.45. The highest BCUT2D eigenvalue weighted by Gasteiger charge is 2.27. The highest BCUT2D eigenvalue weighted by atomic mass is 35.5. The van der Waals surface area contributed by atoms with Crippen molar-refractivity contribution in [3.05, 3.63) is 28.8 Å². The summed E-state index contributed by atoms with van der Waals surface area (Å²) in [5.41, 5.74) is -0.207. The average Bonchev–Trinajstić information content (AvgIpc) is 2.40. The molecule has 0 fully saturated rings. The molecule has 0 heterocycles. The first-order valence-electron chi connectivity index (χ1n) is 6.04. The van der Waals surface area contributed by atoms with Gasteiger partial charge < -0.3 is 9.47 Å². The number of methoxy groups -OCH3 is 2. The molecular formula is C13H20ClNO4S. The van der Waals surface area contributed by atoms with Gasteiger partial charge in [0.1, 0.15) is 5.60 Å². The van der Waals surface area contributed by atoms with Crippen LogP contribution in [-0.4, -0.2) is 41.4 Å². The van der Waals surface area contributed by atoms with E-state index in [0.29, 0.717) is 10.6 Å². The topological polar surface area (TPSA) is 64.6 Å². The number of benzene rings is 1. The summed E-state index contributed by atoms with van der Waals surface area (Å²) >= 11 is 5.95. The van der Waals surface area contributed by atoms with Gasteiger partial charge in [0, 0.05) is 25.8 Å². The van der Waals surface area contributed by atoms with Crippen LogP contribution in [0.2, 0.25) is 5.02 Å². The molecule has 7 heteroatoms. The average molecular weight is 322 g/mol. The fourth-order valence-electron chi connectivity index (χ4n) is 1.69. The fourth-order valence-corrected chi connectivity index (χ4v) is 3.34. The van der Waals surface area contributed by atoms with Crippen molar-refractivity contribution in [3.8, 4) is 0 Å². The quantitative estimate of drug-likeness (QED) is 0.834. The maximum Gasteiger partial charge on any atom is 0.240 e. The van der Waals surface area contributed by atoms with Crippen molar-refractivity contribution < 1.29 is 17.9 Å². The molecule has 0 spiro atoms. The third kappa shape index (κ3) is 4.17. The number of sulfonamides is 1. The third-order valence-electron chi connectivity index (χ3n) is 3.09. The van der Waals surface area contributed by atoms with Gasteiger partial charge in [-0.3, -0.25) is 0 Å². The van der Waals surface area contributed by atoms with Crippen molar-refractivity contribution in [1.82, 2.24) is 4.72 Å². The zero-order chi connectivity index (χ0) is 15.4. The second-order valence-electron chi connectivity index (χ2n) is 4.77. The molecule has 0 amide bonds. The zero-order valence-electron chi connectivity index (χ0n) is 12.1. The first-order valence-corrected chi connectivity index (χ1v) is 7.91. The summed E-state index contributed by atoms with van der Waals surface area (Å²) in [6.45, 7) is 3.82. The molecule has 0 aliphatic rings. The molecule has 0 aliphatic carbocycles. The van der Waals surface area contributed by atoms with E-state index in [4.69, 9.17) is 21.1 Å². The van der Waals surface area contributed by atoms with Crippen LogP contribution in [0.5, 0.6) is 0 Å². The predicted octanol–water partition coefficient (Wildman–Crippen LogP) is 1.98. The van der Waals surface area contributed by atoms with E-state index in [0.717, 1.165) is 0 Å². The standard InChI is InChI=1S/C13H20ClNO4S/c1-10-11(14)6-5-7-12(10)20(16,17)15-8-13(2,19-4)9-18-3/h5-7,15H,8-9H2,1-4H3. The van der Waals surface area contributed by atoms with E-state index in [1.54, 1.807) is 26.0 Å². The SMILES string of the molecule is COCC(C)(CNS(=O)(=O)c1cccc(Cl)c1C)OC. The van der Waals surface area contributed by atoms with Crippen LogP contribution >= 0.6 is 11.6 Å². The van der Waals surface area contributed by atoms with E-state index in [-0.39, 0.29) is 18.0 Å². The van der Waals surface area contributed by atoms with Gasteiger partial charge in [0.2, 0.25) is 10.0 Å². The normalized spacial score (nSPS) is 15.1. The fraction of sp³-hybridized carbons (Fsp3) is 0.538. The number of hydrogen-bond donors (Lipinski definition) is 1. The van der Waals surface area contributed by atoms with Gasteiger partial charge in [-0.25, -0.2) is 13.1 Å². The zero-order valence-corrected chi connectivity index (χ0v) is 13.6. The van der Waals surface area contributed by atoms with E-state index in [9.17, 15) is 8.42 Å². The van der Waals surface area contributed by atoms with Gasteiger partial charge in [-0.15, -0.1) is 0 Å².